The Morgan fingerprint density at radius 1 is 1.64 bits per heavy atom. The molecule has 1 unspecified atom stereocenters. The molecular formula is C6H8N2O3. The monoisotopic (exact) mass is 156 g/mol. The molecule has 0 aromatic carbocycles. The first-order valence-corrected chi connectivity index (χ1v) is 3.38. The van der Waals surface area contributed by atoms with Crippen LogP contribution in [0.5, 0.6) is 0 Å². The third-order valence-corrected chi connectivity index (χ3v) is 1.71. The van der Waals surface area contributed by atoms with Crippen molar-refractivity contribution in [3.63, 3.8) is 0 Å². The van der Waals surface area contributed by atoms with Crippen LogP contribution in [-0.4, -0.2) is 16.6 Å². The Morgan fingerprint density at radius 2 is 2.45 bits per heavy atom. The van der Waals surface area contributed by atoms with Crippen LogP contribution in [0.3, 0.4) is 0 Å². The number of hydrogen-bond donors (Lipinski definition) is 3. The Labute approximate surface area is 62.0 Å². The van der Waals surface area contributed by atoms with Crippen LogP contribution in [0.2, 0.25) is 0 Å². The standard InChI is InChI=1S/C6H8N2O3/c9-3-1-7-2-4-5(3)8-6(10)11-4/h3,7,9H,1-2H2,(H,8,10). The summed E-state index contributed by atoms with van der Waals surface area (Å²) in [6, 6.07) is 0. The smallest absolute Gasteiger partial charge is 0.411 e. The zero-order chi connectivity index (χ0) is 7.84. The molecule has 0 saturated carbocycles. The van der Waals surface area contributed by atoms with Crippen LogP contribution in [0.1, 0.15) is 17.6 Å². The highest BCUT2D eigenvalue weighted by molar-refractivity contribution is 5.13. The van der Waals surface area contributed by atoms with Crippen LogP contribution in [0, 0.1) is 0 Å². The molecule has 0 spiro atoms. The average molecular weight is 156 g/mol. The van der Waals surface area contributed by atoms with E-state index in [9.17, 15) is 9.90 Å². The molecule has 2 rings (SSSR count). The van der Waals surface area contributed by atoms with Gasteiger partial charge in [0.05, 0.1) is 12.2 Å². The van der Waals surface area contributed by atoms with Gasteiger partial charge >= 0.3 is 5.76 Å². The van der Waals surface area contributed by atoms with Gasteiger partial charge in [-0.05, 0) is 0 Å². The van der Waals surface area contributed by atoms with E-state index < -0.39 is 11.9 Å². The van der Waals surface area contributed by atoms with E-state index in [-0.39, 0.29) is 0 Å². The van der Waals surface area contributed by atoms with Crippen LogP contribution in [0.25, 0.3) is 0 Å². The van der Waals surface area contributed by atoms with Crippen molar-refractivity contribution in [3.05, 3.63) is 22.0 Å². The van der Waals surface area contributed by atoms with E-state index in [2.05, 4.69) is 10.3 Å². The second kappa shape index (κ2) is 2.21. The van der Waals surface area contributed by atoms with Crippen LogP contribution in [-0.2, 0) is 6.54 Å². The largest absolute Gasteiger partial charge is 0.416 e. The van der Waals surface area contributed by atoms with Gasteiger partial charge in [0.1, 0.15) is 11.9 Å². The Morgan fingerprint density at radius 3 is 3.18 bits per heavy atom. The molecule has 2 heterocycles. The van der Waals surface area contributed by atoms with Crippen molar-refractivity contribution in [3.8, 4) is 0 Å². The fourth-order valence-corrected chi connectivity index (χ4v) is 1.20. The normalized spacial score (nSPS) is 23.2. The number of oxazole rings is 1. The molecule has 1 aliphatic heterocycles. The van der Waals surface area contributed by atoms with Gasteiger partial charge in [-0.25, -0.2) is 4.79 Å². The molecular weight excluding hydrogens is 148 g/mol. The highest BCUT2D eigenvalue weighted by atomic mass is 16.4. The molecule has 5 heteroatoms. The summed E-state index contributed by atoms with van der Waals surface area (Å²) in [5.74, 6) is 0.00602. The number of aliphatic hydroxyl groups is 1. The topological polar surface area (TPSA) is 78.3 Å². The van der Waals surface area contributed by atoms with Gasteiger partial charge in [-0.15, -0.1) is 0 Å². The summed E-state index contributed by atoms with van der Waals surface area (Å²) in [5.41, 5.74) is 0.508. The van der Waals surface area contributed by atoms with Gasteiger partial charge in [0, 0.05) is 6.54 Å². The minimum atomic E-state index is -0.648. The Kier molecular flexibility index (Phi) is 1.33. The lowest BCUT2D eigenvalue weighted by molar-refractivity contribution is 0.156. The van der Waals surface area contributed by atoms with Crippen LogP contribution >= 0.6 is 0 Å². The molecule has 3 N–H and O–H groups in total. The summed E-state index contributed by atoms with van der Waals surface area (Å²) >= 11 is 0. The summed E-state index contributed by atoms with van der Waals surface area (Å²) in [4.78, 5) is 13.1. The minimum absolute atomic E-state index is 0.461. The maximum Gasteiger partial charge on any atom is 0.416 e. The van der Waals surface area contributed by atoms with Gasteiger partial charge in [-0.3, -0.25) is 4.98 Å². The van der Waals surface area contributed by atoms with E-state index in [0.29, 0.717) is 24.5 Å². The van der Waals surface area contributed by atoms with Crippen LogP contribution in [0.15, 0.2) is 9.21 Å². The lowest BCUT2D eigenvalue weighted by Crippen LogP contribution is -2.27. The van der Waals surface area contributed by atoms with Crippen molar-refractivity contribution in [2.75, 3.05) is 6.54 Å². The van der Waals surface area contributed by atoms with Gasteiger partial charge in [-0.2, -0.15) is 0 Å². The number of rotatable bonds is 0. The first kappa shape index (κ1) is 6.63. The number of fused-ring (bicyclic) bond motifs is 1. The van der Waals surface area contributed by atoms with E-state index in [0.717, 1.165) is 0 Å². The Bertz CT molecular complexity index is 314. The molecule has 5 nitrogen and oxygen atoms in total. The first-order valence-electron chi connectivity index (χ1n) is 3.38. The van der Waals surface area contributed by atoms with Crippen molar-refractivity contribution in [2.24, 2.45) is 0 Å². The minimum Gasteiger partial charge on any atom is -0.411 e. The second-order valence-corrected chi connectivity index (χ2v) is 2.50. The SMILES string of the molecule is O=c1[nH]c2c(o1)CNCC2O. The van der Waals surface area contributed by atoms with Crippen molar-refractivity contribution in [1.82, 2.24) is 10.3 Å². The van der Waals surface area contributed by atoms with E-state index in [1.165, 1.54) is 0 Å². The lowest BCUT2D eigenvalue weighted by atomic mass is 10.1. The highest BCUT2D eigenvalue weighted by Gasteiger charge is 2.21. The third-order valence-electron chi connectivity index (χ3n) is 1.71. The molecule has 60 valence electrons. The molecule has 0 aliphatic carbocycles. The zero-order valence-electron chi connectivity index (χ0n) is 5.76. The molecule has 11 heavy (non-hydrogen) atoms. The lowest BCUT2D eigenvalue weighted by Gasteiger charge is -2.15. The molecule has 0 amide bonds. The number of aromatic amines is 1. The van der Waals surface area contributed by atoms with E-state index >= 15 is 0 Å². The molecule has 0 saturated heterocycles. The number of hydrogen-bond acceptors (Lipinski definition) is 4. The van der Waals surface area contributed by atoms with Gasteiger partial charge in [0.25, 0.3) is 0 Å². The second-order valence-electron chi connectivity index (χ2n) is 2.50. The van der Waals surface area contributed by atoms with E-state index in [1.54, 1.807) is 0 Å². The van der Waals surface area contributed by atoms with Gasteiger partial charge in [0.2, 0.25) is 0 Å². The predicted molar refractivity (Wildman–Crippen MR) is 36.0 cm³/mol. The summed E-state index contributed by atoms with van der Waals surface area (Å²) in [6.07, 6.45) is -0.648. The van der Waals surface area contributed by atoms with Crippen molar-refractivity contribution in [1.29, 1.82) is 0 Å². The summed E-state index contributed by atoms with van der Waals surface area (Å²) in [5, 5.41) is 12.2. The first-order chi connectivity index (χ1) is 5.27. The van der Waals surface area contributed by atoms with E-state index in [4.69, 9.17) is 4.42 Å². The quantitative estimate of drug-likeness (QED) is 0.455. The molecule has 0 radical (unpaired) electrons. The Balaban J connectivity index is 2.52. The van der Waals surface area contributed by atoms with Crippen molar-refractivity contribution < 1.29 is 9.52 Å². The maximum atomic E-state index is 10.6. The molecule has 1 aliphatic rings. The number of nitrogens with one attached hydrogen (secondary N) is 2. The number of aromatic nitrogens is 1. The van der Waals surface area contributed by atoms with Gasteiger partial charge in [0.15, 0.2) is 0 Å². The number of β-amino-alcohol motifs (C(OH)–C–C–N with tert-alkyl or cyclic N) is 1. The zero-order valence-corrected chi connectivity index (χ0v) is 5.76. The summed E-state index contributed by atoms with van der Waals surface area (Å²) < 4.78 is 4.74. The fraction of sp³-hybridized carbons (Fsp3) is 0.500. The van der Waals surface area contributed by atoms with Gasteiger partial charge < -0.3 is 14.8 Å². The predicted octanol–water partition coefficient (Wildman–Crippen LogP) is -0.895. The fourth-order valence-electron chi connectivity index (χ4n) is 1.20. The van der Waals surface area contributed by atoms with E-state index in [1.807, 2.05) is 0 Å². The molecule has 1 aromatic heterocycles. The molecule has 1 aromatic rings. The molecule has 0 bridgehead atoms. The number of aliphatic hydroxyl groups excluding tert-OH is 1. The summed E-state index contributed by atoms with van der Waals surface area (Å²) in [7, 11) is 0. The summed E-state index contributed by atoms with van der Waals surface area (Å²) in [6.45, 7) is 0.966. The van der Waals surface area contributed by atoms with Crippen molar-refractivity contribution >= 4 is 0 Å². The maximum absolute atomic E-state index is 10.6. The average Bonchev–Trinajstić information content (AvgIpc) is 2.31. The molecule has 0 fully saturated rings. The Hall–Kier alpha value is -1.07. The number of H-pyrrole nitrogens is 1. The van der Waals surface area contributed by atoms with Crippen molar-refractivity contribution in [2.45, 2.75) is 12.6 Å². The van der Waals surface area contributed by atoms with Crippen LogP contribution in [0.4, 0.5) is 0 Å². The van der Waals surface area contributed by atoms with Crippen LogP contribution < -0.4 is 11.1 Å². The molecule has 1 atom stereocenters. The highest BCUT2D eigenvalue weighted by Crippen LogP contribution is 2.17. The third kappa shape index (κ3) is 0.979. The van der Waals surface area contributed by atoms with Gasteiger partial charge in [-0.1, -0.05) is 0 Å².